The van der Waals surface area contributed by atoms with Crippen LogP contribution in [0.3, 0.4) is 0 Å². The van der Waals surface area contributed by atoms with Gasteiger partial charge in [-0.2, -0.15) is 0 Å². The van der Waals surface area contributed by atoms with Gasteiger partial charge in [-0.15, -0.1) is 0 Å². The molecular formula is C35H42N4O6. The Hall–Kier alpha value is -4.15. The molecular weight excluding hydrogens is 572 g/mol. The normalized spacial score (nSPS) is 28.0. The van der Waals surface area contributed by atoms with Gasteiger partial charge in [-0.1, -0.05) is 24.3 Å². The Bertz CT molecular complexity index is 1490. The van der Waals surface area contributed by atoms with Crippen molar-refractivity contribution in [3.05, 3.63) is 72.8 Å². The fraction of sp³-hybridized carbons (Fsp3) is 0.457. The summed E-state index contributed by atoms with van der Waals surface area (Å²) in [5.41, 5.74) is 1.08. The van der Waals surface area contributed by atoms with Crippen molar-refractivity contribution in [2.24, 2.45) is 11.8 Å². The number of fused-ring (bicyclic) bond motifs is 2. The van der Waals surface area contributed by atoms with E-state index >= 15 is 0 Å². The first kappa shape index (κ1) is 30.9. The smallest absolute Gasteiger partial charge is 0.253 e. The lowest BCUT2D eigenvalue weighted by Gasteiger charge is -2.37. The summed E-state index contributed by atoms with van der Waals surface area (Å²) in [6.45, 7) is 10.4. The molecule has 0 bridgehead atoms. The van der Waals surface area contributed by atoms with Crippen LogP contribution in [0.15, 0.2) is 72.8 Å². The highest BCUT2D eigenvalue weighted by atomic mass is 16.5. The molecule has 238 valence electrons. The van der Waals surface area contributed by atoms with Gasteiger partial charge in [0.2, 0.25) is 11.8 Å². The van der Waals surface area contributed by atoms with Gasteiger partial charge in [-0.25, -0.2) is 0 Å². The lowest BCUT2D eigenvalue weighted by atomic mass is 9.77. The molecule has 6 atom stereocenters. The average Bonchev–Trinajstić information content (AvgIpc) is 3.38. The zero-order valence-corrected chi connectivity index (χ0v) is 26.3. The lowest BCUT2D eigenvalue weighted by Crippen LogP contribution is -2.57. The number of rotatable bonds is 9. The summed E-state index contributed by atoms with van der Waals surface area (Å²) < 4.78 is 12.3. The van der Waals surface area contributed by atoms with E-state index in [4.69, 9.17) is 9.47 Å². The second kappa shape index (κ2) is 12.3. The van der Waals surface area contributed by atoms with E-state index in [2.05, 4.69) is 18.7 Å². The Morgan fingerprint density at radius 1 is 0.911 bits per heavy atom. The van der Waals surface area contributed by atoms with Crippen LogP contribution in [0.25, 0.3) is 0 Å². The molecule has 0 aromatic heterocycles. The minimum atomic E-state index is -1.37. The Balaban J connectivity index is 1.37. The van der Waals surface area contributed by atoms with E-state index in [-0.39, 0.29) is 30.9 Å². The fourth-order valence-electron chi connectivity index (χ4n) is 7.42. The van der Waals surface area contributed by atoms with Crippen molar-refractivity contribution in [2.45, 2.75) is 51.5 Å². The van der Waals surface area contributed by atoms with Crippen molar-refractivity contribution < 1.29 is 29.0 Å². The number of aliphatic hydroxyl groups is 1. The Labute approximate surface area is 264 Å². The molecule has 6 rings (SSSR count). The minimum absolute atomic E-state index is 0.240. The van der Waals surface area contributed by atoms with Gasteiger partial charge >= 0.3 is 0 Å². The SMILES string of the molecule is CCOc1ccc(N2CC=C[C@@H]3O[C@]45C=CCN(c6ccc(N(CC)CC)cc6)C(=O)C4N([C@H](C)CO)C(=O)[C@@H]5[C@@H]3C2=O)cc1. The molecule has 1 N–H and O–H groups in total. The number of carbonyl (C=O) groups excluding carboxylic acids is 3. The molecule has 3 amide bonds. The molecule has 4 aliphatic heterocycles. The van der Waals surface area contributed by atoms with E-state index in [1.807, 2.05) is 79.8 Å². The van der Waals surface area contributed by atoms with E-state index < -0.39 is 35.6 Å². The summed E-state index contributed by atoms with van der Waals surface area (Å²) in [5.74, 6) is -1.98. The van der Waals surface area contributed by atoms with Crippen molar-refractivity contribution in [1.29, 1.82) is 0 Å². The van der Waals surface area contributed by atoms with Gasteiger partial charge in [-0.05, 0) is 76.2 Å². The molecule has 0 radical (unpaired) electrons. The third kappa shape index (κ3) is 5.00. The summed E-state index contributed by atoms with van der Waals surface area (Å²) in [6, 6.07) is 13.4. The molecule has 2 aromatic carbocycles. The van der Waals surface area contributed by atoms with E-state index in [0.29, 0.717) is 30.3 Å². The molecule has 10 heteroatoms. The molecule has 0 saturated carbocycles. The first-order valence-electron chi connectivity index (χ1n) is 15.9. The third-order valence-corrected chi connectivity index (χ3v) is 9.59. The largest absolute Gasteiger partial charge is 0.494 e. The van der Waals surface area contributed by atoms with Crippen LogP contribution in [0.2, 0.25) is 0 Å². The van der Waals surface area contributed by atoms with Crippen LogP contribution >= 0.6 is 0 Å². The average molecular weight is 615 g/mol. The number of carbonyl (C=O) groups is 3. The Kier molecular flexibility index (Phi) is 8.45. The summed E-state index contributed by atoms with van der Waals surface area (Å²) in [7, 11) is 0. The highest BCUT2D eigenvalue weighted by molar-refractivity contribution is 6.07. The van der Waals surface area contributed by atoms with Crippen LogP contribution in [0.4, 0.5) is 17.1 Å². The number of likely N-dealkylation sites (tertiary alicyclic amines) is 1. The van der Waals surface area contributed by atoms with Crippen LogP contribution in [0.5, 0.6) is 5.75 Å². The molecule has 1 spiro atoms. The number of hydrogen-bond donors (Lipinski definition) is 1. The zero-order chi connectivity index (χ0) is 31.9. The molecule has 4 aliphatic rings. The molecule has 1 unspecified atom stereocenters. The number of hydrogen-bond acceptors (Lipinski definition) is 7. The van der Waals surface area contributed by atoms with Crippen LogP contribution in [0.1, 0.15) is 27.7 Å². The van der Waals surface area contributed by atoms with Crippen molar-refractivity contribution in [3.63, 3.8) is 0 Å². The number of ether oxygens (including phenoxy) is 2. The van der Waals surface area contributed by atoms with Gasteiger partial charge in [0.05, 0.1) is 37.2 Å². The van der Waals surface area contributed by atoms with Gasteiger partial charge in [0.1, 0.15) is 17.4 Å². The number of benzene rings is 2. The number of anilines is 3. The summed E-state index contributed by atoms with van der Waals surface area (Å²) in [5, 5.41) is 10.2. The molecule has 2 saturated heterocycles. The van der Waals surface area contributed by atoms with Crippen molar-refractivity contribution in [1.82, 2.24) is 4.90 Å². The topological polar surface area (TPSA) is 103 Å². The van der Waals surface area contributed by atoms with Crippen molar-refractivity contribution >= 4 is 34.8 Å². The highest BCUT2D eigenvalue weighted by Crippen LogP contribution is 2.54. The summed E-state index contributed by atoms with van der Waals surface area (Å²) in [4.78, 5) is 50.4. The van der Waals surface area contributed by atoms with Gasteiger partial charge in [0.15, 0.2) is 0 Å². The molecule has 10 nitrogen and oxygen atoms in total. The summed E-state index contributed by atoms with van der Waals surface area (Å²) in [6.07, 6.45) is 6.74. The second-order valence-electron chi connectivity index (χ2n) is 12.0. The van der Waals surface area contributed by atoms with Gasteiger partial charge in [0, 0.05) is 43.2 Å². The lowest BCUT2D eigenvalue weighted by molar-refractivity contribution is -0.143. The molecule has 2 aromatic rings. The van der Waals surface area contributed by atoms with E-state index in [1.165, 1.54) is 4.90 Å². The van der Waals surface area contributed by atoms with E-state index in [1.54, 1.807) is 16.7 Å². The molecule has 4 heterocycles. The maximum Gasteiger partial charge on any atom is 0.253 e. The molecule has 2 fully saturated rings. The van der Waals surface area contributed by atoms with Crippen LogP contribution < -0.4 is 19.4 Å². The van der Waals surface area contributed by atoms with Crippen LogP contribution in [-0.4, -0.2) is 90.9 Å². The van der Waals surface area contributed by atoms with Gasteiger partial charge in [0.25, 0.3) is 5.91 Å². The quantitative estimate of drug-likeness (QED) is 0.432. The van der Waals surface area contributed by atoms with E-state index in [9.17, 15) is 19.5 Å². The maximum atomic E-state index is 14.6. The van der Waals surface area contributed by atoms with E-state index in [0.717, 1.165) is 18.8 Å². The third-order valence-electron chi connectivity index (χ3n) is 9.59. The number of aliphatic hydroxyl groups excluding tert-OH is 1. The maximum absolute atomic E-state index is 14.6. The Morgan fingerprint density at radius 3 is 2.16 bits per heavy atom. The first-order chi connectivity index (χ1) is 21.8. The van der Waals surface area contributed by atoms with Gasteiger partial charge < -0.3 is 34.2 Å². The first-order valence-corrected chi connectivity index (χ1v) is 15.9. The fourth-order valence-corrected chi connectivity index (χ4v) is 7.42. The molecule has 0 aliphatic carbocycles. The van der Waals surface area contributed by atoms with Crippen molar-refractivity contribution in [2.75, 3.05) is 54.1 Å². The van der Waals surface area contributed by atoms with Crippen molar-refractivity contribution in [3.8, 4) is 5.75 Å². The minimum Gasteiger partial charge on any atom is -0.494 e. The number of amides is 3. The molecule has 45 heavy (non-hydrogen) atoms. The zero-order valence-electron chi connectivity index (χ0n) is 26.3. The predicted octanol–water partition coefficient (Wildman–Crippen LogP) is 3.40. The predicted molar refractivity (Wildman–Crippen MR) is 172 cm³/mol. The van der Waals surface area contributed by atoms with Crippen LogP contribution in [-0.2, 0) is 19.1 Å². The highest BCUT2D eigenvalue weighted by Gasteiger charge is 2.72. The Morgan fingerprint density at radius 2 is 1.53 bits per heavy atom. The van der Waals surface area contributed by atoms with Crippen LogP contribution in [0, 0.1) is 11.8 Å². The standard InChI is InChI=1S/C35H42N4O6/c1-5-36(6-2)24-11-13-25(14-12-24)38-21-9-19-35-30(33(42)39(23(4)22-40)31(35)34(38)43)29-28(45-35)10-8-20-37(32(29)41)26-15-17-27(18-16-26)44-7-3/h8-19,23,28-31,40H,5-7,20-22H2,1-4H3/t23-,28+,29-,30+,31?,35+/m1/s1. The number of nitrogens with zero attached hydrogens (tertiary/aromatic N) is 4. The van der Waals surface area contributed by atoms with Gasteiger partial charge in [-0.3, -0.25) is 14.4 Å². The summed E-state index contributed by atoms with van der Waals surface area (Å²) >= 11 is 0. The second-order valence-corrected chi connectivity index (χ2v) is 12.0. The monoisotopic (exact) mass is 614 g/mol.